The second-order valence-corrected chi connectivity index (χ2v) is 7.89. The van der Waals surface area contributed by atoms with Gasteiger partial charge >= 0.3 is 5.97 Å². The standard InChI is InChI=1S/C16H14N2O3S3/c1-2-21-14(19)9-23-16-18-11-6-5-10(8-13(11)24-16)17-15(20)12-4-3-7-22-12/h3-8H,2,9H2,1H3,(H,17,20). The first-order chi connectivity index (χ1) is 11.7. The topological polar surface area (TPSA) is 68.3 Å². The molecule has 0 fully saturated rings. The van der Waals surface area contributed by atoms with E-state index < -0.39 is 0 Å². The summed E-state index contributed by atoms with van der Waals surface area (Å²) in [7, 11) is 0. The molecular formula is C16H14N2O3S3. The van der Waals surface area contributed by atoms with E-state index in [4.69, 9.17) is 4.74 Å². The van der Waals surface area contributed by atoms with Crippen LogP contribution in [0.1, 0.15) is 16.6 Å². The number of thioether (sulfide) groups is 1. The van der Waals surface area contributed by atoms with Crippen LogP contribution in [0.5, 0.6) is 0 Å². The molecule has 0 radical (unpaired) electrons. The molecule has 5 nitrogen and oxygen atoms in total. The summed E-state index contributed by atoms with van der Waals surface area (Å²) in [6.45, 7) is 2.17. The number of fused-ring (bicyclic) bond motifs is 1. The zero-order valence-electron chi connectivity index (χ0n) is 12.8. The van der Waals surface area contributed by atoms with E-state index in [0.29, 0.717) is 11.5 Å². The predicted octanol–water partition coefficient (Wildman–Crippen LogP) is 4.27. The molecule has 1 N–H and O–H groups in total. The molecule has 3 aromatic rings. The van der Waals surface area contributed by atoms with Gasteiger partial charge in [-0.3, -0.25) is 9.59 Å². The van der Waals surface area contributed by atoms with Gasteiger partial charge in [0.25, 0.3) is 5.91 Å². The molecule has 0 spiro atoms. The molecule has 24 heavy (non-hydrogen) atoms. The zero-order valence-corrected chi connectivity index (χ0v) is 15.2. The van der Waals surface area contributed by atoms with Crippen molar-refractivity contribution in [3.63, 3.8) is 0 Å². The van der Waals surface area contributed by atoms with Crippen molar-refractivity contribution in [1.29, 1.82) is 0 Å². The quantitative estimate of drug-likeness (QED) is 0.513. The first-order valence-corrected chi connectivity index (χ1v) is 9.87. The van der Waals surface area contributed by atoms with Crippen LogP contribution < -0.4 is 5.32 Å². The summed E-state index contributed by atoms with van der Waals surface area (Å²) >= 11 is 4.25. The lowest BCUT2D eigenvalue weighted by molar-refractivity contribution is -0.139. The molecule has 0 aliphatic rings. The molecule has 0 atom stereocenters. The van der Waals surface area contributed by atoms with E-state index in [0.717, 1.165) is 20.2 Å². The molecule has 0 unspecified atom stereocenters. The van der Waals surface area contributed by atoms with E-state index in [1.807, 2.05) is 29.6 Å². The molecule has 2 heterocycles. The number of amides is 1. The summed E-state index contributed by atoms with van der Waals surface area (Å²) in [6.07, 6.45) is 0. The first kappa shape index (κ1) is 16.9. The van der Waals surface area contributed by atoms with Gasteiger partial charge in [0.1, 0.15) is 0 Å². The number of aromatic nitrogens is 1. The Kier molecular flexibility index (Phi) is 5.49. The monoisotopic (exact) mass is 378 g/mol. The van der Waals surface area contributed by atoms with Crippen LogP contribution in [0.2, 0.25) is 0 Å². The Balaban J connectivity index is 1.69. The largest absolute Gasteiger partial charge is 0.465 e. The Labute approximate surface area is 151 Å². The Morgan fingerprint density at radius 3 is 2.96 bits per heavy atom. The van der Waals surface area contributed by atoms with Crippen LogP contribution in [0.25, 0.3) is 10.2 Å². The van der Waals surface area contributed by atoms with E-state index in [1.54, 1.807) is 13.0 Å². The number of rotatable bonds is 6. The third-order valence-corrected chi connectivity index (χ3v) is 5.99. The third-order valence-electron chi connectivity index (χ3n) is 2.99. The van der Waals surface area contributed by atoms with Crippen molar-refractivity contribution in [3.05, 3.63) is 40.6 Å². The molecule has 0 saturated carbocycles. The molecule has 0 aliphatic heterocycles. The van der Waals surface area contributed by atoms with E-state index in [9.17, 15) is 9.59 Å². The number of esters is 1. The molecule has 0 saturated heterocycles. The molecule has 1 aromatic carbocycles. The number of carbonyl (C=O) groups is 2. The van der Waals surface area contributed by atoms with Crippen molar-refractivity contribution in [1.82, 2.24) is 4.98 Å². The molecule has 2 aromatic heterocycles. The minimum Gasteiger partial charge on any atom is -0.465 e. The summed E-state index contributed by atoms with van der Waals surface area (Å²) in [5.74, 6) is -0.119. The third kappa shape index (κ3) is 4.14. The lowest BCUT2D eigenvalue weighted by Crippen LogP contribution is -2.09. The number of anilines is 1. The highest BCUT2D eigenvalue weighted by molar-refractivity contribution is 8.01. The van der Waals surface area contributed by atoms with Crippen LogP contribution in [0, 0.1) is 0 Å². The number of thiazole rings is 1. The second kappa shape index (κ2) is 7.78. The minimum atomic E-state index is -0.245. The van der Waals surface area contributed by atoms with Crippen LogP contribution in [0.4, 0.5) is 5.69 Å². The number of nitrogens with one attached hydrogen (secondary N) is 1. The Hall–Kier alpha value is -1.90. The molecule has 3 rings (SSSR count). The number of carbonyl (C=O) groups excluding carboxylic acids is 2. The van der Waals surface area contributed by atoms with Crippen molar-refractivity contribution in [2.24, 2.45) is 0 Å². The fourth-order valence-electron chi connectivity index (χ4n) is 1.97. The fraction of sp³-hybridized carbons (Fsp3) is 0.188. The SMILES string of the molecule is CCOC(=O)CSc1nc2ccc(NC(=O)c3cccs3)cc2s1. The molecule has 0 aliphatic carbocycles. The van der Waals surface area contributed by atoms with Crippen molar-refractivity contribution in [3.8, 4) is 0 Å². The van der Waals surface area contributed by atoms with Gasteiger partial charge < -0.3 is 10.1 Å². The Morgan fingerprint density at radius 1 is 1.33 bits per heavy atom. The predicted molar refractivity (Wildman–Crippen MR) is 99.2 cm³/mol. The average molecular weight is 379 g/mol. The van der Waals surface area contributed by atoms with E-state index >= 15 is 0 Å². The van der Waals surface area contributed by atoms with Crippen molar-refractivity contribution < 1.29 is 14.3 Å². The van der Waals surface area contributed by atoms with Crippen molar-refractivity contribution in [2.45, 2.75) is 11.3 Å². The van der Waals surface area contributed by atoms with Crippen LogP contribution in [-0.4, -0.2) is 29.2 Å². The number of thiophene rings is 1. The maximum atomic E-state index is 12.1. The van der Waals surface area contributed by atoms with Gasteiger partial charge in [0.05, 0.1) is 27.5 Å². The van der Waals surface area contributed by atoms with Gasteiger partial charge in [0.15, 0.2) is 4.34 Å². The minimum absolute atomic E-state index is 0.120. The normalized spacial score (nSPS) is 10.7. The van der Waals surface area contributed by atoms with Crippen LogP contribution in [0.3, 0.4) is 0 Å². The van der Waals surface area contributed by atoms with Crippen LogP contribution in [-0.2, 0) is 9.53 Å². The van der Waals surface area contributed by atoms with Crippen molar-refractivity contribution >= 4 is 62.2 Å². The number of hydrogen-bond donors (Lipinski definition) is 1. The molecule has 0 bridgehead atoms. The molecular weight excluding hydrogens is 364 g/mol. The lowest BCUT2D eigenvalue weighted by atomic mass is 10.3. The number of ether oxygens (including phenoxy) is 1. The van der Waals surface area contributed by atoms with E-state index in [1.165, 1.54) is 34.4 Å². The summed E-state index contributed by atoms with van der Waals surface area (Å²) in [4.78, 5) is 28.6. The zero-order chi connectivity index (χ0) is 16.9. The molecule has 1 amide bonds. The van der Waals surface area contributed by atoms with Gasteiger partial charge in [0, 0.05) is 5.69 Å². The summed E-state index contributed by atoms with van der Waals surface area (Å²) < 4.78 is 6.68. The second-order valence-electron chi connectivity index (χ2n) is 4.69. The first-order valence-electron chi connectivity index (χ1n) is 7.19. The van der Waals surface area contributed by atoms with E-state index in [-0.39, 0.29) is 17.6 Å². The molecule has 124 valence electrons. The lowest BCUT2D eigenvalue weighted by Gasteiger charge is -2.02. The Morgan fingerprint density at radius 2 is 2.21 bits per heavy atom. The van der Waals surface area contributed by atoms with Gasteiger partial charge in [-0.05, 0) is 36.6 Å². The summed E-state index contributed by atoms with van der Waals surface area (Å²) in [5.41, 5.74) is 1.58. The highest BCUT2D eigenvalue weighted by Gasteiger charge is 2.11. The Bertz CT molecular complexity index is 859. The van der Waals surface area contributed by atoms with Crippen LogP contribution in [0.15, 0.2) is 40.1 Å². The smallest absolute Gasteiger partial charge is 0.316 e. The van der Waals surface area contributed by atoms with Gasteiger partial charge in [-0.25, -0.2) is 4.98 Å². The maximum Gasteiger partial charge on any atom is 0.316 e. The van der Waals surface area contributed by atoms with Crippen molar-refractivity contribution in [2.75, 3.05) is 17.7 Å². The number of nitrogens with zero attached hydrogens (tertiary/aromatic N) is 1. The maximum absolute atomic E-state index is 12.1. The number of benzene rings is 1. The summed E-state index contributed by atoms with van der Waals surface area (Å²) in [6, 6.07) is 9.22. The van der Waals surface area contributed by atoms with Gasteiger partial charge in [0.2, 0.25) is 0 Å². The van der Waals surface area contributed by atoms with Gasteiger partial charge in [-0.1, -0.05) is 17.8 Å². The molecule has 8 heteroatoms. The summed E-state index contributed by atoms with van der Waals surface area (Å²) in [5, 5.41) is 4.75. The average Bonchev–Trinajstić information content (AvgIpc) is 3.22. The van der Waals surface area contributed by atoms with Gasteiger partial charge in [-0.15, -0.1) is 22.7 Å². The van der Waals surface area contributed by atoms with Gasteiger partial charge in [-0.2, -0.15) is 0 Å². The van der Waals surface area contributed by atoms with Crippen LogP contribution >= 0.6 is 34.4 Å². The highest BCUT2D eigenvalue weighted by Crippen LogP contribution is 2.31. The van der Waals surface area contributed by atoms with E-state index in [2.05, 4.69) is 10.3 Å². The fourth-order valence-corrected chi connectivity index (χ4v) is 4.49. The highest BCUT2D eigenvalue weighted by atomic mass is 32.2. The number of hydrogen-bond acceptors (Lipinski definition) is 7.